The molecular formula is C17H33N3O4. The maximum Gasteiger partial charge on any atom is 0.305 e. The molecule has 1 rings (SSSR count). The third-order valence-electron chi connectivity index (χ3n) is 3.56. The highest BCUT2D eigenvalue weighted by Crippen LogP contribution is 2.17. The van der Waals surface area contributed by atoms with E-state index in [1.807, 2.05) is 11.2 Å². The van der Waals surface area contributed by atoms with Crippen LogP contribution in [0, 0.1) is 0 Å². The summed E-state index contributed by atoms with van der Waals surface area (Å²) < 4.78 is 16.4. The van der Waals surface area contributed by atoms with Crippen molar-refractivity contribution >= 4 is 5.97 Å². The number of carbonyl (C=O) groups is 1. The Balaban J connectivity index is 2.22. The van der Waals surface area contributed by atoms with Gasteiger partial charge < -0.3 is 19.6 Å². The average Bonchev–Trinajstić information content (AvgIpc) is 2.90. The molecule has 0 aliphatic carbocycles. The zero-order chi connectivity index (χ0) is 18.2. The molecule has 0 fully saturated rings. The number of hydrazine groups is 2. The van der Waals surface area contributed by atoms with Gasteiger partial charge in [0, 0.05) is 24.9 Å². The van der Waals surface area contributed by atoms with E-state index >= 15 is 0 Å². The monoisotopic (exact) mass is 343 g/mol. The quantitative estimate of drug-likeness (QED) is 0.589. The third kappa shape index (κ3) is 9.10. The number of hydrogen-bond donors (Lipinski definition) is 2. The molecule has 0 amide bonds. The van der Waals surface area contributed by atoms with Gasteiger partial charge >= 0.3 is 5.97 Å². The van der Waals surface area contributed by atoms with Gasteiger partial charge in [0.05, 0.1) is 37.9 Å². The van der Waals surface area contributed by atoms with Gasteiger partial charge in [0.1, 0.15) is 0 Å². The third-order valence-corrected chi connectivity index (χ3v) is 3.56. The van der Waals surface area contributed by atoms with E-state index in [1.54, 1.807) is 0 Å². The predicted molar refractivity (Wildman–Crippen MR) is 92.7 cm³/mol. The lowest BCUT2D eigenvalue weighted by Crippen LogP contribution is -2.39. The van der Waals surface area contributed by atoms with Crippen LogP contribution in [0.4, 0.5) is 0 Å². The van der Waals surface area contributed by atoms with Crippen molar-refractivity contribution in [1.82, 2.24) is 16.0 Å². The Morgan fingerprint density at radius 1 is 1.17 bits per heavy atom. The maximum absolute atomic E-state index is 11.1. The van der Waals surface area contributed by atoms with Gasteiger partial charge in [-0.05, 0) is 41.0 Å². The molecule has 0 saturated carbocycles. The van der Waals surface area contributed by atoms with Gasteiger partial charge in [-0.1, -0.05) is 0 Å². The number of nitrogens with one attached hydrogen (secondary N) is 2. The summed E-state index contributed by atoms with van der Waals surface area (Å²) in [5.41, 5.74) is 6.68. The summed E-state index contributed by atoms with van der Waals surface area (Å²) >= 11 is 0. The van der Waals surface area contributed by atoms with Gasteiger partial charge in [-0.2, -0.15) is 0 Å². The Kier molecular flexibility index (Phi) is 7.99. The number of allylic oxidation sites excluding steroid dienone is 1. The van der Waals surface area contributed by atoms with Crippen LogP contribution < -0.4 is 11.0 Å². The van der Waals surface area contributed by atoms with Crippen molar-refractivity contribution in [2.45, 2.75) is 65.1 Å². The molecule has 7 nitrogen and oxygen atoms in total. The number of methoxy groups -OCH3 is 1. The average molecular weight is 343 g/mol. The van der Waals surface area contributed by atoms with E-state index < -0.39 is 0 Å². The van der Waals surface area contributed by atoms with Crippen molar-refractivity contribution < 1.29 is 19.0 Å². The van der Waals surface area contributed by atoms with Gasteiger partial charge in [0.25, 0.3) is 0 Å². The molecular weight excluding hydrogens is 310 g/mol. The molecule has 0 saturated heterocycles. The summed E-state index contributed by atoms with van der Waals surface area (Å²) in [6.45, 7) is 12.3. The molecule has 0 aromatic carbocycles. The van der Waals surface area contributed by atoms with Crippen LogP contribution >= 0.6 is 0 Å². The molecule has 140 valence electrons. The first-order valence-electron chi connectivity index (χ1n) is 8.45. The van der Waals surface area contributed by atoms with E-state index in [4.69, 9.17) is 9.47 Å². The number of rotatable bonds is 10. The second kappa shape index (κ2) is 9.25. The van der Waals surface area contributed by atoms with Gasteiger partial charge in [-0.15, -0.1) is 5.53 Å². The second-order valence-corrected chi connectivity index (χ2v) is 7.48. The molecule has 0 bridgehead atoms. The van der Waals surface area contributed by atoms with Crippen molar-refractivity contribution in [3.05, 3.63) is 11.9 Å². The van der Waals surface area contributed by atoms with Gasteiger partial charge in [-0.25, -0.2) is 0 Å². The number of ether oxygens (including phenoxy) is 3. The molecule has 1 aliphatic rings. The van der Waals surface area contributed by atoms with Gasteiger partial charge in [0.15, 0.2) is 0 Å². The molecule has 0 aromatic heterocycles. The first kappa shape index (κ1) is 20.7. The molecule has 2 N–H and O–H groups in total. The highest BCUT2D eigenvalue weighted by Gasteiger charge is 2.21. The SMILES string of the molecule is COC(=O)CCC1=CN(CCOC(C)(C)CCOC(C)(C)C)NN1. The number of carbonyl (C=O) groups excluding carboxylic acids is 1. The second-order valence-electron chi connectivity index (χ2n) is 7.48. The zero-order valence-electron chi connectivity index (χ0n) is 15.9. The molecule has 0 spiro atoms. The standard InChI is InChI=1S/C17H33N3O4/c1-16(2,3)23-11-9-17(4,5)24-12-10-20-13-14(18-19-20)7-8-15(21)22-6/h13,18-19H,7-12H2,1-6H3. The molecule has 0 atom stereocenters. The van der Waals surface area contributed by atoms with Crippen LogP contribution in [-0.2, 0) is 19.0 Å². The van der Waals surface area contributed by atoms with Crippen molar-refractivity contribution in [2.75, 3.05) is 26.9 Å². The lowest BCUT2D eigenvalue weighted by atomic mass is 10.1. The van der Waals surface area contributed by atoms with Crippen LogP contribution in [0.1, 0.15) is 53.9 Å². The Hall–Kier alpha value is -1.31. The number of hydrogen-bond acceptors (Lipinski definition) is 7. The molecule has 0 aromatic rings. The number of nitrogens with zero attached hydrogens (tertiary/aromatic N) is 1. The topological polar surface area (TPSA) is 72.1 Å². The fraction of sp³-hybridized carbons (Fsp3) is 0.824. The van der Waals surface area contributed by atoms with E-state index in [-0.39, 0.29) is 17.2 Å². The van der Waals surface area contributed by atoms with E-state index in [9.17, 15) is 4.79 Å². The Morgan fingerprint density at radius 3 is 2.50 bits per heavy atom. The normalized spacial score (nSPS) is 15.2. The first-order valence-corrected chi connectivity index (χ1v) is 8.45. The molecule has 24 heavy (non-hydrogen) atoms. The Morgan fingerprint density at radius 2 is 1.88 bits per heavy atom. The highest BCUT2D eigenvalue weighted by atomic mass is 16.5. The fourth-order valence-corrected chi connectivity index (χ4v) is 2.08. The Bertz CT molecular complexity index is 430. The lowest BCUT2D eigenvalue weighted by molar-refractivity contribution is -0.140. The molecule has 1 heterocycles. The van der Waals surface area contributed by atoms with Crippen LogP contribution in [0.25, 0.3) is 0 Å². The number of esters is 1. The summed E-state index contributed by atoms with van der Waals surface area (Å²) in [5.74, 6) is -0.210. The predicted octanol–water partition coefficient (Wildman–Crippen LogP) is 2.11. The first-order chi connectivity index (χ1) is 11.1. The van der Waals surface area contributed by atoms with Crippen LogP contribution in [0.15, 0.2) is 11.9 Å². The van der Waals surface area contributed by atoms with E-state index in [1.165, 1.54) is 7.11 Å². The minimum Gasteiger partial charge on any atom is -0.469 e. The smallest absolute Gasteiger partial charge is 0.305 e. The summed E-state index contributed by atoms with van der Waals surface area (Å²) in [7, 11) is 1.40. The minimum absolute atomic E-state index is 0.118. The maximum atomic E-state index is 11.1. The van der Waals surface area contributed by atoms with Crippen LogP contribution in [0.2, 0.25) is 0 Å². The summed E-state index contributed by atoms with van der Waals surface area (Å²) in [5, 5.41) is 1.91. The highest BCUT2D eigenvalue weighted by molar-refractivity contribution is 5.69. The molecule has 0 radical (unpaired) electrons. The minimum atomic E-state index is -0.226. The van der Waals surface area contributed by atoms with E-state index in [0.717, 1.165) is 12.1 Å². The van der Waals surface area contributed by atoms with Crippen molar-refractivity contribution in [1.29, 1.82) is 0 Å². The molecule has 0 unspecified atom stereocenters. The van der Waals surface area contributed by atoms with Crippen LogP contribution in [0.3, 0.4) is 0 Å². The molecule has 7 heteroatoms. The summed E-state index contributed by atoms with van der Waals surface area (Å²) in [4.78, 5) is 11.1. The largest absolute Gasteiger partial charge is 0.469 e. The zero-order valence-corrected chi connectivity index (χ0v) is 15.9. The van der Waals surface area contributed by atoms with Crippen molar-refractivity contribution in [2.24, 2.45) is 0 Å². The van der Waals surface area contributed by atoms with Gasteiger partial charge in [-0.3, -0.25) is 9.80 Å². The summed E-state index contributed by atoms with van der Waals surface area (Å²) in [6, 6.07) is 0. The van der Waals surface area contributed by atoms with E-state index in [0.29, 0.717) is 32.6 Å². The van der Waals surface area contributed by atoms with Crippen molar-refractivity contribution in [3.63, 3.8) is 0 Å². The van der Waals surface area contributed by atoms with Gasteiger partial charge in [0.2, 0.25) is 0 Å². The van der Waals surface area contributed by atoms with Crippen molar-refractivity contribution in [3.8, 4) is 0 Å². The molecule has 1 aliphatic heterocycles. The lowest BCUT2D eigenvalue weighted by Gasteiger charge is -2.28. The van der Waals surface area contributed by atoms with E-state index in [2.05, 4.69) is 50.3 Å². The summed E-state index contributed by atoms with van der Waals surface area (Å²) in [6.07, 6.45) is 3.77. The van der Waals surface area contributed by atoms with Crippen LogP contribution in [0.5, 0.6) is 0 Å². The fourth-order valence-electron chi connectivity index (χ4n) is 2.08. The van der Waals surface area contributed by atoms with Crippen LogP contribution in [-0.4, -0.2) is 49.0 Å². The Labute approximate surface area is 145 Å².